The molecule has 0 aromatic rings. The first-order chi connectivity index (χ1) is 12.5. The van der Waals surface area contributed by atoms with E-state index in [9.17, 15) is 18.4 Å². The van der Waals surface area contributed by atoms with Crippen LogP contribution in [-0.2, 0) is 19.1 Å². The van der Waals surface area contributed by atoms with E-state index in [4.69, 9.17) is 4.74 Å². The fourth-order valence-corrected chi connectivity index (χ4v) is 3.65. The summed E-state index contributed by atoms with van der Waals surface area (Å²) in [5, 5.41) is -3.80. The van der Waals surface area contributed by atoms with Gasteiger partial charge in [0.25, 0.3) is 0 Å². The van der Waals surface area contributed by atoms with Gasteiger partial charge in [-0.1, -0.05) is 45.0 Å². The van der Waals surface area contributed by atoms with Gasteiger partial charge in [0.2, 0.25) is 0 Å². The molecule has 2 unspecified atom stereocenters. The van der Waals surface area contributed by atoms with Crippen LogP contribution in [0.3, 0.4) is 0 Å². The molecule has 1 saturated carbocycles. The maximum Gasteiger partial charge on any atom is 0.388 e. The highest BCUT2D eigenvalue weighted by Crippen LogP contribution is 2.41. The van der Waals surface area contributed by atoms with E-state index in [1.54, 1.807) is 0 Å². The van der Waals surface area contributed by atoms with Crippen molar-refractivity contribution in [1.29, 1.82) is 0 Å². The van der Waals surface area contributed by atoms with Gasteiger partial charge in [-0.2, -0.15) is 8.78 Å². The molecule has 0 bridgehead atoms. The first-order valence-electron chi connectivity index (χ1n) is 9.65. The van der Waals surface area contributed by atoms with E-state index >= 15 is 0 Å². The second-order valence-corrected chi connectivity index (χ2v) is 8.36. The van der Waals surface area contributed by atoms with Crippen molar-refractivity contribution in [2.24, 2.45) is 5.41 Å². The Hall–Kier alpha value is -1.11. The van der Waals surface area contributed by atoms with Gasteiger partial charge in [-0.05, 0) is 51.9 Å². The standard InChI is InChI=1S/C20H32F2O4S/c1-5-10-18(4,6-2)16(23)26-19(11-7-9-15(3)14-19)12-8-13-25-17(24)20(21,22)27/h27H,3,5-14H2,1-2,4H3. The van der Waals surface area contributed by atoms with Crippen LogP contribution in [0.15, 0.2) is 12.2 Å². The molecule has 2 atom stereocenters. The number of thiol groups is 1. The van der Waals surface area contributed by atoms with Gasteiger partial charge in [0.1, 0.15) is 5.60 Å². The molecule has 0 radical (unpaired) electrons. The van der Waals surface area contributed by atoms with Crippen LogP contribution in [0.4, 0.5) is 8.78 Å². The van der Waals surface area contributed by atoms with Crippen molar-refractivity contribution in [1.82, 2.24) is 0 Å². The molecule has 1 fully saturated rings. The van der Waals surface area contributed by atoms with Crippen LogP contribution in [0.25, 0.3) is 0 Å². The molecule has 0 aromatic heterocycles. The SMILES string of the molecule is C=C1CCCC(CCCOC(=O)C(F)(F)S)(OC(=O)C(C)(CC)CCC)C1. The maximum atomic E-state index is 12.9. The first kappa shape index (κ1) is 23.9. The summed E-state index contributed by atoms with van der Waals surface area (Å²) in [5.74, 6) is -1.88. The number of ether oxygens (including phenoxy) is 2. The highest BCUT2D eigenvalue weighted by atomic mass is 32.1. The summed E-state index contributed by atoms with van der Waals surface area (Å²) >= 11 is 2.90. The summed E-state index contributed by atoms with van der Waals surface area (Å²) in [6.45, 7) is 9.80. The van der Waals surface area contributed by atoms with E-state index in [0.29, 0.717) is 32.1 Å². The molecule has 7 heteroatoms. The van der Waals surface area contributed by atoms with Gasteiger partial charge in [0, 0.05) is 6.42 Å². The lowest BCUT2D eigenvalue weighted by Crippen LogP contribution is -2.43. The monoisotopic (exact) mass is 406 g/mol. The summed E-state index contributed by atoms with van der Waals surface area (Å²) in [4.78, 5) is 24.0. The third-order valence-electron chi connectivity index (χ3n) is 5.37. The van der Waals surface area contributed by atoms with E-state index in [-0.39, 0.29) is 12.6 Å². The van der Waals surface area contributed by atoms with Crippen molar-refractivity contribution in [2.45, 2.75) is 89.4 Å². The van der Waals surface area contributed by atoms with E-state index in [1.807, 2.05) is 20.8 Å². The Morgan fingerprint density at radius 1 is 1.30 bits per heavy atom. The van der Waals surface area contributed by atoms with Gasteiger partial charge >= 0.3 is 17.2 Å². The molecule has 0 aromatic carbocycles. The van der Waals surface area contributed by atoms with Crippen LogP contribution < -0.4 is 0 Å². The van der Waals surface area contributed by atoms with E-state index in [2.05, 4.69) is 23.9 Å². The Balaban J connectivity index is 2.77. The molecule has 27 heavy (non-hydrogen) atoms. The van der Waals surface area contributed by atoms with Gasteiger partial charge in [-0.25, -0.2) is 4.79 Å². The maximum absolute atomic E-state index is 12.9. The zero-order chi connectivity index (χ0) is 20.7. The number of halogens is 2. The number of carbonyl (C=O) groups is 2. The molecule has 0 heterocycles. The van der Waals surface area contributed by atoms with Gasteiger partial charge in [0.05, 0.1) is 12.0 Å². The van der Waals surface area contributed by atoms with Crippen LogP contribution in [-0.4, -0.2) is 29.4 Å². The van der Waals surface area contributed by atoms with Crippen molar-refractivity contribution in [3.8, 4) is 0 Å². The van der Waals surface area contributed by atoms with Gasteiger partial charge in [0.15, 0.2) is 0 Å². The fraction of sp³-hybridized carbons (Fsp3) is 0.800. The number of hydrogen-bond acceptors (Lipinski definition) is 5. The van der Waals surface area contributed by atoms with Crippen LogP contribution in [0.5, 0.6) is 0 Å². The summed E-state index contributed by atoms with van der Waals surface area (Å²) in [5.41, 5.74) is -0.227. The van der Waals surface area contributed by atoms with Gasteiger partial charge in [-0.15, -0.1) is 0 Å². The molecule has 1 aliphatic carbocycles. The molecule has 0 spiro atoms. The van der Waals surface area contributed by atoms with Crippen LogP contribution >= 0.6 is 12.6 Å². The molecular formula is C20H32F2O4S. The molecule has 4 nitrogen and oxygen atoms in total. The molecular weight excluding hydrogens is 374 g/mol. The van der Waals surface area contributed by atoms with E-state index in [0.717, 1.165) is 31.3 Å². The minimum absolute atomic E-state index is 0.166. The lowest BCUT2D eigenvalue weighted by atomic mass is 9.78. The number of esters is 2. The average molecular weight is 407 g/mol. The van der Waals surface area contributed by atoms with Crippen molar-refractivity contribution >= 4 is 24.6 Å². The molecule has 0 saturated heterocycles. The van der Waals surface area contributed by atoms with Crippen LogP contribution in [0.1, 0.15) is 78.6 Å². The first-order valence-corrected chi connectivity index (χ1v) is 10.1. The molecule has 0 aliphatic heterocycles. The van der Waals surface area contributed by atoms with E-state index in [1.165, 1.54) is 0 Å². The smallest absolute Gasteiger partial charge is 0.388 e. The van der Waals surface area contributed by atoms with Crippen LogP contribution in [0.2, 0.25) is 0 Å². The highest BCUT2D eigenvalue weighted by molar-refractivity contribution is 7.82. The summed E-state index contributed by atoms with van der Waals surface area (Å²) in [6, 6.07) is 0. The zero-order valence-corrected chi connectivity index (χ0v) is 17.5. The number of rotatable bonds is 10. The Morgan fingerprint density at radius 3 is 2.48 bits per heavy atom. The van der Waals surface area contributed by atoms with Crippen LogP contribution in [0, 0.1) is 5.41 Å². The molecule has 1 aliphatic rings. The average Bonchev–Trinajstić information content (AvgIpc) is 2.57. The second kappa shape index (κ2) is 9.89. The van der Waals surface area contributed by atoms with E-state index < -0.39 is 22.2 Å². The Morgan fingerprint density at radius 2 is 1.96 bits per heavy atom. The lowest BCUT2D eigenvalue weighted by Gasteiger charge is -2.40. The minimum Gasteiger partial charge on any atom is -0.461 e. The van der Waals surface area contributed by atoms with Crippen molar-refractivity contribution in [2.75, 3.05) is 6.61 Å². The number of alkyl halides is 2. The number of hydrogen-bond donors (Lipinski definition) is 1. The Kier molecular flexibility index (Phi) is 8.77. The molecule has 156 valence electrons. The lowest BCUT2D eigenvalue weighted by molar-refractivity contribution is -0.176. The predicted octanol–water partition coefficient (Wildman–Crippen LogP) is 5.46. The second-order valence-electron chi connectivity index (χ2n) is 7.80. The zero-order valence-electron chi connectivity index (χ0n) is 16.6. The molecule has 0 amide bonds. The topological polar surface area (TPSA) is 52.6 Å². The minimum atomic E-state index is -3.80. The summed E-state index contributed by atoms with van der Waals surface area (Å²) < 4.78 is 36.1. The molecule has 1 rings (SSSR count). The Bertz CT molecular complexity index is 547. The van der Waals surface area contributed by atoms with Crippen molar-refractivity contribution in [3.63, 3.8) is 0 Å². The van der Waals surface area contributed by atoms with Crippen molar-refractivity contribution in [3.05, 3.63) is 12.2 Å². The molecule has 0 N–H and O–H groups in total. The summed E-state index contributed by atoms with van der Waals surface area (Å²) in [7, 11) is 0. The normalized spacial score (nSPS) is 22.8. The fourth-order valence-electron chi connectivity index (χ4n) is 3.59. The predicted molar refractivity (Wildman–Crippen MR) is 104 cm³/mol. The summed E-state index contributed by atoms with van der Waals surface area (Å²) in [6.07, 6.45) is 6.08. The Labute approximate surface area is 166 Å². The van der Waals surface area contributed by atoms with Gasteiger partial charge in [-0.3, -0.25) is 4.79 Å². The quantitative estimate of drug-likeness (QED) is 0.226. The third kappa shape index (κ3) is 7.09. The highest BCUT2D eigenvalue weighted by Gasteiger charge is 2.42. The number of carbonyl (C=O) groups excluding carboxylic acids is 2. The largest absolute Gasteiger partial charge is 0.461 e. The third-order valence-corrected chi connectivity index (χ3v) is 5.56. The van der Waals surface area contributed by atoms with Gasteiger partial charge < -0.3 is 9.47 Å². The van der Waals surface area contributed by atoms with Crippen molar-refractivity contribution < 1.29 is 27.8 Å².